The van der Waals surface area contributed by atoms with E-state index in [1.807, 2.05) is 0 Å². The van der Waals surface area contributed by atoms with Gasteiger partial charge in [-0.15, -0.1) is 0 Å². The van der Waals surface area contributed by atoms with Crippen molar-refractivity contribution in [1.29, 1.82) is 0 Å². The van der Waals surface area contributed by atoms with E-state index in [0.29, 0.717) is 11.5 Å². The summed E-state index contributed by atoms with van der Waals surface area (Å²) in [5.74, 6) is 0. The molecule has 1 unspecified atom stereocenters. The SMILES string of the molecule is CC1(C)CCCCC1NCc1ccccc1. The lowest BCUT2D eigenvalue weighted by Gasteiger charge is -2.39. The molecule has 0 saturated heterocycles. The number of nitrogens with one attached hydrogen (secondary N) is 1. The Hall–Kier alpha value is -0.820. The Morgan fingerprint density at radius 2 is 1.94 bits per heavy atom. The van der Waals surface area contributed by atoms with E-state index in [0.717, 1.165) is 6.54 Å². The average Bonchev–Trinajstić information content (AvgIpc) is 2.28. The summed E-state index contributed by atoms with van der Waals surface area (Å²) in [5, 5.41) is 3.73. The van der Waals surface area contributed by atoms with Gasteiger partial charge >= 0.3 is 0 Å². The van der Waals surface area contributed by atoms with E-state index in [1.54, 1.807) is 0 Å². The highest BCUT2D eigenvalue weighted by molar-refractivity contribution is 5.14. The molecular formula is C15H23N. The minimum atomic E-state index is 0.465. The quantitative estimate of drug-likeness (QED) is 0.813. The van der Waals surface area contributed by atoms with Crippen LogP contribution in [0.3, 0.4) is 0 Å². The van der Waals surface area contributed by atoms with Crippen molar-refractivity contribution in [2.75, 3.05) is 0 Å². The van der Waals surface area contributed by atoms with E-state index in [2.05, 4.69) is 49.5 Å². The standard InChI is InChI=1S/C15H23N/c1-15(2)11-7-6-10-14(15)16-12-13-8-4-3-5-9-13/h3-5,8-9,14,16H,6-7,10-12H2,1-2H3. The van der Waals surface area contributed by atoms with Gasteiger partial charge in [0, 0.05) is 12.6 Å². The zero-order chi connectivity index (χ0) is 11.4. The second-order valence-corrected chi connectivity index (χ2v) is 5.65. The molecule has 0 aromatic heterocycles. The largest absolute Gasteiger partial charge is 0.309 e. The highest BCUT2D eigenvalue weighted by Gasteiger charge is 2.31. The molecule has 1 N–H and O–H groups in total. The first kappa shape index (κ1) is 11.7. The average molecular weight is 217 g/mol. The maximum Gasteiger partial charge on any atom is 0.0208 e. The highest BCUT2D eigenvalue weighted by Crippen LogP contribution is 2.35. The topological polar surface area (TPSA) is 12.0 Å². The molecule has 1 aliphatic carbocycles. The van der Waals surface area contributed by atoms with Crippen molar-refractivity contribution in [3.63, 3.8) is 0 Å². The molecule has 1 aliphatic rings. The van der Waals surface area contributed by atoms with E-state index in [4.69, 9.17) is 0 Å². The van der Waals surface area contributed by atoms with Gasteiger partial charge in [0.25, 0.3) is 0 Å². The van der Waals surface area contributed by atoms with Gasteiger partial charge in [-0.25, -0.2) is 0 Å². The first-order valence-electron chi connectivity index (χ1n) is 6.46. The molecule has 1 fully saturated rings. The van der Waals surface area contributed by atoms with Crippen LogP contribution in [-0.4, -0.2) is 6.04 Å². The predicted molar refractivity (Wildman–Crippen MR) is 69.3 cm³/mol. The van der Waals surface area contributed by atoms with Crippen LogP contribution in [0.5, 0.6) is 0 Å². The van der Waals surface area contributed by atoms with Crippen LogP contribution < -0.4 is 5.32 Å². The summed E-state index contributed by atoms with van der Waals surface area (Å²) < 4.78 is 0. The van der Waals surface area contributed by atoms with E-state index in [1.165, 1.54) is 31.2 Å². The number of hydrogen-bond acceptors (Lipinski definition) is 1. The number of rotatable bonds is 3. The minimum Gasteiger partial charge on any atom is -0.309 e. The van der Waals surface area contributed by atoms with Crippen molar-refractivity contribution in [3.05, 3.63) is 35.9 Å². The van der Waals surface area contributed by atoms with Crippen molar-refractivity contribution in [2.24, 2.45) is 5.41 Å². The highest BCUT2D eigenvalue weighted by atomic mass is 14.9. The molecule has 16 heavy (non-hydrogen) atoms. The van der Waals surface area contributed by atoms with Gasteiger partial charge in [0.05, 0.1) is 0 Å². The molecule has 88 valence electrons. The van der Waals surface area contributed by atoms with Gasteiger partial charge in [0.15, 0.2) is 0 Å². The molecule has 1 heteroatoms. The molecule has 2 rings (SSSR count). The summed E-state index contributed by atoms with van der Waals surface area (Å²) in [6.07, 6.45) is 5.48. The van der Waals surface area contributed by atoms with Crippen molar-refractivity contribution in [2.45, 2.75) is 52.1 Å². The summed E-state index contributed by atoms with van der Waals surface area (Å²) in [5.41, 5.74) is 1.86. The molecule has 0 radical (unpaired) electrons. The van der Waals surface area contributed by atoms with Crippen LogP contribution >= 0.6 is 0 Å². The Morgan fingerprint density at radius 1 is 1.19 bits per heavy atom. The van der Waals surface area contributed by atoms with E-state index >= 15 is 0 Å². The summed E-state index contributed by atoms with van der Waals surface area (Å²) >= 11 is 0. The van der Waals surface area contributed by atoms with Gasteiger partial charge in [0.1, 0.15) is 0 Å². The maximum atomic E-state index is 3.73. The minimum absolute atomic E-state index is 0.465. The van der Waals surface area contributed by atoms with Crippen LogP contribution in [0, 0.1) is 5.41 Å². The monoisotopic (exact) mass is 217 g/mol. The van der Waals surface area contributed by atoms with E-state index in [-0.39, 0.29) is 0 Å². The molecule has 0 amide bonds. The summed E-state index contributed by atoms with van der Waals surface area (Å²) in [7, 11) is 0. The fraction of sp³-hybridized carbons (Fsp3) is 0.600. The molecule has 1 aromatic carbocycles. The lowest BCUT2D eigenvalue weighted by Crippen LogP contribution is -2.43. The Labute approximate surface area is 99.3 Å². The summed E-state index contributed by atoms with van der Waals surface area (Å²) in [6.45, 7) is 5.80. The molecular weight excluding hydrogens is 194 g/mol. The maximum absolute atomic E-state index is 3.73. The fourth-order valence-electron chi connectivity index (χ4n) is 2.71. The Kier molecular flexibility index (Phi) is 3.65. The molecule has 0 bridgehead atoms. The third-order valence-corrected chi connectivity index (χ3v) is 3.90. The van der Waals surface area contributed by atoms with Gasteiger partial charge in [-0.2, -0.15) is 0 Å². The van der Waals surface area contributed by atoms with Crippen LogP contribution in [0.1, 0.15) is 45.1 Å². The molecule has 0 aliphatic heterocycles. The fourth-order valence-corrected chi connectivity index (χ4v) is 2.71. The lowest BCUT2D eigenvalue weighted by molar-refractivity contribution is 0.167. The normalized spacial score (nSPS) is 24.2. The second kappa shape index (κ2) is 5.01. The Balaban J connectivity index is 1.90. The van der Waals surface area contributed by atoms with Crippen LogP contribution in [-0.2, 0) is 6.54 Å². The van der Waals surface area contributed by atoms with E-state index in [9.17, 15) is 0 Å². The van der Waals surface area contributed by atoms with Gasteiger partial charge in [-0.1, -0.05) is 57.0 Å². The zero-order valence-corrected chi connectivity index (χ0v) is 10.5. The summed E-state index contributed by atoms with van der Waals surface area (Å²) in [4.78, 5) is 0. The second-order valence-electron chi connectivity index (χ2n) is 5.65. The van der Waals surface area contributed by atoms with Gasteiger partial charge < -0.3 is 5.32 Å². The van der Waals surface area contributed by atoms with Crippen LogP contribution in [0.4, 0.5) is 0 Å². The third kappa shape index (κ3) is 2.85. The van der Waals surface area contributed by atoms with E-state index < -0.39 is 0 Å². The molecule has 0 spiro atoms. The third-order valence-electron chi connectivity index (χ3n) is 3.90. The van der Waals surface area contributed by atoms with Crippen LogP contribution in [0.15, 0.2) is 30.3 Å². The lowest BCUT2D eigenvalue weighted by atomic mass is 9.73. The predicted octanol–water partition coefficient (Wildman–Crippen LogP) is 3.75. The van der Waals surface area contributed by atoms with Crippen molar-refractivity contribution in [1.82, 2.24) is 5.32 Å². The van der Waals surface area contributed by atoms with Gasteiger partial charge in [-0.3, -0.25) is 0 Å². The smallest absolute Gasteiger partial charge is 0.0208 e. The van der Waals surface area contributed by atoms with Crippen molar-refractivity contribution in [3.8, 4) is 0 Å². The first-order valence-corrected chi connectivity index (χ1v) is 6.46. The Bertz CT molecular complexity index is 315. The van der Waals surface area contributed by atoms with Crippen molar-refractivity contribution < 1.29 is 0 Å². The molecule has 0 heterocycles. The van der Waals surface area contributed by atoms with Crippen molar-refractivity contribution >= 4 is 0 Å². The van der Waals surface area contributed by atoms with Crippen LogP contribution in [0.25, 0.3) is 0 Å². The Morgan fingerprint density at radius 3 is 2.62 bits per heavy atom. The van der Waals surface area contributed by atoms with Gasteiger partial charge in [-0.05, 0) is 23.8 Å². The first-order chi connectivity index (χ1) is 7.68. The number of hydrogen-bond donors (Lipinski definition) is 1. The van der Waals surface area contributed by atoms with Crippen LogP contribution in [0.2, 0.25) is 0 Å². The molecule has 1 atom stereocenters. The zero-order valence-electron chi connectivity index (χ0n) is 10.5. The molecule has 1 nitrogen and oxygen atoms in total. The summed E-state index contributed by atoms with van der Waals surface area (Å²) in [6, 6.07) is 11.4. The van der Waals surface area contributed by atoms with Gasteiger partial charge in [0.2, 0.25) is 0 Å². The number of benzene rings is 1. The molecule has 1 saturated carbocycles. The molecule has 1 aromatic rings.